The molecule has 0 saturated carbocycles. The van der Waals surface area contributed by atoms with Crippen molar-refractivity contribution in [3.63, 3.8) is 0 Å². The molecule has 5 nitrogen and oxygen atoms in total. The van der Waals surface area contributed by atoms with Gasteiger partial charge in [0.05, 0.1) is 7.11 Å². The molecule has 2 N–H and O–H groups in total. The first kappa shape index (κ1) is 14.5. The van der Waals surface area contributed by atoms with Gasteiger partial charge in [0.1, 0.15) is 17.9 Å². The molecule has 1 aromatic carbocycles. The SMILES string of the molecule is COc1ccc(C)cc1C(N)Cc1ncnn1C(C)C. The van der Waals surface area contributed by atoms with Gasteiger partial charge in [0.25, 0.3) is 0 Å². The second-order valence-corrected chi connectivity index (χ2v) is 5.27. The number of rotatable bonds is 5. The van der Waals surface area contributed by atoms with Crippen molar-refractivity contribution in [3.05, 3.63) is 41.5 Å². The number of benzene rings is 1. The van der Waals surface area contributed by atoms with Gasteiger partial charge in [-0.15, -0.1) is 0 Å². The Bertz CT molecular complexity index is 577. The molecule has 0 amide bonds. The zero-order valence-electron chi connectivity index (χ0n) is 12.5. The summed E-state index contributed by atoms with van der Waals surface area (Å²) in [4.78, 5) is 4.31. The number of nitrogens with zero attached hydrogens (tertiary/aromatic N) is 3. The van der Waals surface area contributed by atoms with E-state index < -0.39 is 0 Å². The molecule has 0 bridgehead atoms. The average Bonchev–Trinajstić information content (AvgIpc) is 2.87. The van der Waals surface area contributed by atoms with Gasteiger partial charge < -0.3 is 10.5 Å². The Balaban J connectivity index is 2.26. The monoisotopic (exact) mass is 274 g/mol. The van der Waals surface area contributed by atoms with Crippen LogP contribution in [0.5, 0.6) is 5.75 Å². The van der Waals surface area contributed by atoms with E-state index in [4.69, 9.17) is 10.5 Å². The van der Waals surface area contributed by atoms with Gasteiger partial charge in [-0.25, -0.2) is 9.67 Å². The van der Waals surface area contributed by atoms with Gasteiger partial charge in [-0.2, -0.15) is 5.10 Å². The first-order valence-electron chi connectivity index (χ1n) is 6.81. The third-order valence-electron chi connectivity index (χ3n) is 3.32. The second-order valence-electron chi connectivity index (χ2n) is 5.27. The number of hydrogen-bond acceptors (Lipinski definition) is 4. The maximum Gasteiger partial charge on any atom is 0.138 e. The molecule has 0 aliphatic heterocycles. The first-order valence-corrected chi connectivity index (χ1v) is 6.81. The van der Waals surface area contributed by atoms with Crippen LogP contribution < -0.4 is 10.5 Å². The van der Waals surface area contributed by atoms with Crippen molar-refractivity contribution in [2.75, 3.05) is 7.11 Å². The quantitative estimate of drug-likeness (QED) is 0.909. The van der Waals surface area contributed by atoms with Crippen LogP contribution in [0.1, 0.15) is 42.9 Å². The lowest BCUT2D eigenvalue weighted by atomic mass is 10.0. The molecule has 0 radical (unpaired) electrons. The topological polar surface area (TPSA) is 66.0 Å². The fourth-order valence-corrected chi connectivity index (χ4v) is 2.30. The molecular weight excluding hydrogens is 252 g/mol. The van der Waals surface area contributed by atoms with Gasteiger partial charge in [-0.1, -0.05) is 17.7 Å². The van der Waals surface area contributed by atoms with Crippen LogP contribution >= 0.6 is 0 Å². The molecule has 1 aromatic heterocycles. The van der Waals surface area contributed by atoms with Gasteiger partial charge >= 0.3 is 0 Å². The normalized spacial score (nSPS) is 12.7. The van der Waals surface area contributed by atoms with Gasteiger partial charge in [0.15, 0.2) is 0 Å². The average molecular weight is 274 g/mol. The van der Waals surface area contributed by atoms with E-state index in [1.54, 1.807) is 13.4 Å². The molecular formula is C15H22N4O. The van der Waals surface area contributed by atoms with Crippen molar-refractivity contribution in [2.45, 2.75) is 39.3 Å². The number of aryl methyl sites for hydroxylation is 1. The van der Waals surface area contributed by atoms with Gasteiger partial charge in [0, 0.05) is 24.1 Å². The van der Waals surface area contributed by atoms with Crippen LogP contribution in [-0.2, 0) is 6.42 Å². The van der Waals surface area contributed by atoms with E-state index >= 15 is 0 Å². The standard InChI is InChI=1S/C15H22N4O/c1-10(2)19-15(17-9-18-19)8-13(16)12-7-11(3)5-6-14(12)20-4/h5-7,9-10,13H,8,16H2,1-4H3. The molecule has 1 heterocycles. The van der Waals surface area contributed by atoms with Crippen LogP contribution in [0.15, 0.2) is 24.5 Å². The predicted molar refractivity (Wildman–Crippen MR) is 78.8 cm³/mol. The summed E-state index contributed by atoms with van der Waals surface area (Å²) in [5.74, 6) is 1.72. The van der Waals surface area contributed by atoms with E-state index in [9.17, 15) is 0 Å². The van der Waals surface area contributed by atoms with Crippen molar-refractivity contribution in [3.8, 4) is 5.75 Å². The maximum atomic E-state index is 6.34. The minimum absolute atomic E-state index is 0.161. The Morgan fingerprint density at radius 3 is 2.75 bits per heavy atom. The van der Waals surface area contributed by atoms with Crippen LogP contribution in [-0.4, -0.2) is 21.9 Å². The van der Waals surface area contributed by atoms with Gasteiger partial charge in [-0.3, -0.25) is 0 Å². The highest BCUT2D eigenvalue weighted by Crippen LogP contribution is 2.27. The van der Waals surface area contributed by atoms with Crippen LogP contribution in [0.25, 0.3) is 0 Å². The molecule has 5 heteroatoms. The molecule has 1 unspecified atom stereocenters. The Labute approximate surface area is 119 Å². The molecule has 0 spiro atoms. The lowest BCUT2D eigenvalue weighted by Crippen LogP contribution is -2.18. The summed E-state index contributed by atoms with van der Waals surface area (Å²) in [7, 11) is 1.66. The number of nitrogens with two attached hydrogens (primary N) is 1. The molecule has 20 heavy (non-hydrogen) atoms. The van der Waals surface area contributed by atoms with Crippen LogP contribution in [0.4, 0.5) is 0 Å². The summed E-state index contributed by atoms with van der Waals surface area (Å²) in [6, 6.07) is 6.16. The lowest BCUT2D eigenvalue weighted by molar-refractivity contribution is 0.404. The summed E-state index contributed by atoms with van der Waals surface area (Å²) < 4.78 is 7.30. The van der Waals surface area contributed by atoms with E-state index in [-0.39, 0.29) is 12.1 Å². The second kappa shape index (κ2) is 6.05. The highest BCUT2D eigenvalue weighted by atomic mass is 16.5. The van der Waals surface area contributed by atoms with E-state index in [0.29, 0.717) is 6.42 Å². The van der Waals surface area contributed by atoms with Crippen LogP contribution in [0.3, 0.4) is 0 Å². The van der Waals surface area contributed by atoms with Gasteiger partial charge in [0.2, 0.25) is 0 Å². The van der Waals surface area contributed by atoms with E-state index in [0.717, 1.165) is 17.1 Å². The van der Waals surface area contributed by atoms with Crippen molar-refractivity contribution in [1.29, 1.82) is 0 Å². The number of hydrogen-bond donors (Lipinski definition) is 1. The molecule has 0 saturated heterocycles. The lowest BCUT2D eigenvalue weighted by Gasteiger charge is -2.17. The molecule has 0 fully saturated rings. The first-order chi connectivity index (χ1) is 9.52. The summed E-state index contributed by atoms with van der Waals surface area (Å²) in [6.45, 7) is 6.21. The minimum atomic E-state index is -0.161. The van der Waals surface area contributed by atoms with E-state index in [1.165, 1.54) is 5.56 Å². The summed E-state index contributed by atoms with van der Waals surface area (Å²) in [5.41, 5.74) is 8.51. The molecule has 2 rings (SSSR count). The Morgan fingerprint density at radius 2 is 2.10 bits per heavy atom. The van der Waals surface area contributed by atoms with E-state index in [1.807, 2.05) is 23.7 Å². The number of aromatic nitrogens is 3. The number of ether oxygens (including phenoxy) is 1. The maximum absolute atomic E-state index is 6.34. The summed E-state index contributed by atoms with van der Waals surface area (Å²) in [6.07, 6.45) is 2.22. The predicted octanol–water partition coefficient (Wildman–Crippen LogP) is 2.42. The van der Waals surface area contributed by atoms with Gasteiger partial charge in [-0.05, 0) is 26.8 Å². The summed E-state index contributed by atoms with van der Waals surface area (Å²) in [5, 5.41) is 4.24. The molecule has 0 aliphatic carbocycles. The van der Waals surface area contributed by atoms with E-state index in [2.05, 4.69) is 30.0 Å². The summed E-state index contributed by atoms with van der Waals surface area (Å²) >= 11 is 0. The van der Waals surface area contributed by atoms with Crippen molar-refractivity contribution < 1.29 is 4.74 Å². The molecule has 108 valence electrons. The fourth-order valence-electron chi connectivity index (χ4n) is 2.30. The third-order valence-corrected chi connectivity index (χ3v) is 3.32. The number of methoxy groups -OCH3 is 1. The Hall–Kier alpha value is -1.88. The molecule has 0 aliphatic rings. The van der Waals surface area contributed by atoms with Crippen molar-refractivity contribution in [2.24, 2.45) is 5.73 Å². The zero-order chi connectivity index (χ0) is 14.7. The smallest absolute Gasteiger partial charge is 0.138 e. The molecule has 2 aromatic rings. The highest BCUT2D eigenvalue weighted by Gasteiger charge is 2.17. The Morgan fingerprint density at radius 1 is 1.35 bits per heavy atom. The Kier molecular flexibility index (Phi) is 4.39. The molecule has 1 atom stereocenters. The largest absolute Gasteiger partial charge is 0.496 e. The fraction of sp³-hybridized carbons (Fsp3) is 0.467. The minimum Gasteiger partial charge on any atom is -0.496 e. The zero-order valence-corrected chi connectivity index (χ0v) is 12.5. The third kappa shape index (κ3) is 2.99. The van der Waals surface area contributed by atoms with Crippen LogP contribution in [0, 0.1) is 6.92 Å². The van der Waals surface area contributed by atoms with Crippen LogP contribution in [0.2, 0.25) is 0 Å². The van der Waals surface area contributed by atoms with Crippen molar-refractivity contribution >= 4 is 0 Å². The van der Waals surface area contributed by atoms with Crippen molar-refractivity contribution in [1.82, 2.24) is 14.8 Å². The highest BCUT2D eigenvalue weighted by molar-refractivity contribution is 5.39.